The maximum atomic E-state index is 14.1. The molecule has 7 nitrogen and oxygen atoms in total. The summed E-state index contributed by atoms with van der Waals surface area (Å²) in [4.78, 5) is 29.1. The largest absolute Gasteiger partial charge is 0.352 e. The number of anilines is 1. The number of amides is 2. The van der Waals surface area contributed by atoms with Crippen LogP contribution in [0.15, 0.2) is 72.8 Å². The normalized spacial score (nSPS) is 12.2. The van der Waals surface area contributed by atoms with Crippen LogP contribution in [0.2, 0.25) is 5.02 Å². The Bertz CT molecular complexity index is 1410. The first-order valence-electron chi connectivity index (χ1n) is 12.8. The van der Waals surface area contributed by atoms with Crippen LogP contribution < -0.4 is 9.62 Å². The minimum atomic E-state index is -3.85. The first-order valence-corrected chi connectivity index (χ1v) is 15.0. The van der Waals surface area contributed by atoms with Gasteiger partial charge in [0.15, 0.2) is 0 Å². The van der Waals surface area contributed by atoms with Gasteiger partial charge in [-0.15, -0.1) is 0 Å². The number of carbonyl (C=O) groups excluding carboxylic acids is 2. The first-order chi connectivity index (χ1) is 18.4. The summed E-state index contributed by atoms with van der Waals surface area (Å²) in [6.07, 6.45) is 1.32. The summed E-state index contributed by atoms with van der Waals surface area (Å²) >= 11 is 6.29. The maximum Gasteiger partial charge on any atom is 0.244 e. The number of nitrogens with one attached hydrogen (secondary N) is 1. The van der Waals surface area contributed by atoms with Crippen molar-refractivity contribution in [3.8, 4) is 0 Å². The zero-order valence-corrected chi connectivity index (χ0v) is 24.6. The van der Waals surface area contributed by atoms with Crippen molar-refractivity contribution in [3.63, 3.8) is 0 Å². The lowest BCUT2D eigenvalue weighted by Gasteiger charge is -2.34. The zero-order chi connectivity index (χ0) is 28.7. The van der Waals surface area contributed by atoms with Crippen LogP contribution in [0, 0.1) is 13.8 Å². The van der Waals surface area contributed by atoms with E-state index in [0.29, 0.717) is 5.02 Å². The Labute approximate surface area is 236 Å². The Hall–Kier alpha value is -3.36. The van der Waals surface area contributed by atoms with Gasteiger partial charge in [0.1, 0.15) is 12.6 Å². The van der Waals surface area contributed by atoms with Gasteiger partial charge in [0, 0.05) is 24.0 Å². The van der Waals surface area contributed by atoms with Crippen LogP contribution in [0.5, 0.6) is 0 Å². The average molecular weight is 570 g/mol. The number of hydrogen-bond donors (Lipinski definition) is 1. The fourth-order valence-corrected chi connectivity index (χ4v) is 5.27. The van der Waals surface area contributed by atoms with Gasteiger partial charge in [0.05, 0.1) is 11.9 Å². The Morgan fingerprint density at radius 3 is 2.15 bits per heavy atom. The smallest absolute Gasteiger partial charge is 0.244 e. The van der Waals surface area contributed by atoms with Crippen LogP contribution in [-0.2, 0) is 32.6 Å². The highest BCUT2D eigenvalue weighted by molar-refractivity contribution is 7.92. The van der Waals surface area contributed by atoms with E-state index in [9.17, 15) is 18.0 Å². The average Bonchev–Trinajstić information content (AvgIpc) is 2.87. The standard InChI is InChI=1S/C30H36ClN3O4S/c1-21(2)32-30(36)28(17-24-12-7-6-8-13-24)33(19-25-14-10-9-11-22(25)3)29(35)20-34(39(5,37)38)26-16-15-23(4)27(31)18-26/h6-16,18,21,28H,17,19-20H2,1-5H3,(H,32,36)/t28-/m1/s1. The maximum absolute atomic E-state index is 14.1. The number of nitrogens with zero attached hydrogens (tertiary/aromatic N) is 2. The van der Waals surface area contributed by atoms with Gasteiger partial charge >= 0.3 is 0 Å². The van der Waals surface area contributed by atoms with Crippen LogP contribution in [0.25, 0.3) is 0 Å². The number of carbonyl (C=O) groups is 2. The lowest BCUT2D eigenvalue weighted by molar-refractivity contribution is -0.140. The van der Waals surface area contributed by atoms with E-state index in [4.69, 9.17) is 11.6 Å². The molecule has 0 spiro atoms. The summed E-state index contributed by atoms with van der Waals surface area (Å²) in [5.74, 6) is -0.805. The third kappa shape index (κ3) is 8.31. The Morgan fingerprint density at radius 1 is 0.923 bits per heavy atom. The second-order valence-corrected chi connectivity index (χ2v) is 12.3. The van der Waals surface area contributed by atoms with E-state index in [1.54, 1.807) is 12.1 Å². The highest BCUT2D eigenvalue weighted by atomic mass is 35.5. The Morgan fingerprint density at radius 2 is 1.56 bits per heavy atom. The minimum Gasteiger partial charge on any atom is -0.352 e. The predicted molar refractivity (Wildman–Crippen MR) is 157 cm³/mol. The van der Waals surface area contributed by atoms with Gasteiger partial charge in [-0.2, -0.15) is 0 Å². The molecule has 0 heterocycles. The van der Waals surface area contributed by atoms with Crippen LogP contribution >= 0.6 is 11.6 Å². The molecule has 39 heavy (non-hydrogen) atoms. The van der Waals surface area contributed by atoms with Crippen molar-refractivity contribution >= 4 is 39.1 Å². The summed E-state index contributed by atoms with van der Waals surface area (Å²) in [5.41, 5.74) is 3.78. The second-order valence-electron chi connectivity index (χ2n) is 10.0. The summed E-state index contributed by atoms with van der Waals surface area (Å²) in [7, 11) is -3.85. The quantitative estimate of drug-likeness (QED) is 0.356. The fourth-order valence-electron chi connectivity index (χ4n) is 4.26. The van der Waals surface area contributed by atoms with E-state index >= 15 is 0 Å². The number of rotatable bonds is 11. The number of aryl methyl sites for hydroxylation is 2. The molecule has 3 aromatic carbocycles. The highest BCUT2D eigenvalue weighted by Crippen LogP contribution is 2.26. The molecule has 0 saturated carbocycles. The van der Waals surface area contributed by atoms with Crippen molar-refractivity contribution in [1.29, 1.82) is 0 Å². The van der Waals surface area contributed by atoms with Gasteiger partial charge in [-0.25, -0.2) is 8.42 Å². The lowest BCUT2D eigenvalue weighted by Crippen LogP contribution is -2.54. The monoisotopic (exact) mass is 569 g/mol. The molecule has 208 valence electrons. The number of halogens is 1. The minimum absolute atomic E-state index is 0.140. The molecule has 2 amide bonds. The third-order valence-electron chi connectivity index (χ3n) is 6.43. The molecule has 0 aromatic heterocycles. The van der Waals surface area contributed by atoms with Gasteiger partial charge in [0.2, 0.25) is 21.8 Å². The van der Waals surface area contributed by atoms with Crippen LogP contribution in [0.1, 0.15) is 36.1 Å². The first kappa shape index (κ1) is 30.2. The molecule has 0 saturated heterocycles. The number of hydrogen-bond acceptors (Lipinski definition) is 4. The van der Waals surface area contributed by atoms with Crippen molar-refractivity contribution < 1.29 is 18.0 Å². The van der Waals surface area contributed by atoms with Crippen molar-refractivity contribution in [2.24, 2.45) is 0 Å². The zero-order valence-electron chi connectivity index (χ0n) is 23.0. The van der Waals surface area contributed by atoms with Gasteiger partial charge in [0.25, 0.3) is 0 Å². The van der Waals surface area contributed by atoms with Crippen LogP contribution in [0.4, 0.5) is 5.69 Å². The van der Waals surface area contributed by atoms with Gasteiger partial charge in [-0.1, -0.05) is 72.3 Å². The molecular weight excluding hydrogens is 534 g/mol. The molecule has 0 bridgehead atoms. The third-order valence-corrected chi connectivity index (χ3v) is 7.97. The number of sulfonamides is 1. The molecule has 0 unspecified atom stereocenters. The van der Waals surface area contributed by atoms with E-state index in [1.165, 1.54) is 11.0 Å². The summed E-state index contributed by atoms with van der Waals surface area (Å²) < 4.78 is 26.8. The SMILES string of the molecule is Cc1ccc(N(CC(=O)N(Cc2ccccc2C)[C@H](Cc2ccccc2)C(=O)NC(C)C)S(C)(=O)=O)cc1Cl. The summed E-state index contributed by atoms with van der Waals surface area (Å²) in [5, 5.41) is 3.34. The van der Waals surface area contributed by atoms with Crippen molar-refractivity contribution in [2.75, 3.05) is 17.1 Å². The predicted octanol–water partition coefficient (Wildman–Crippen LogP) is 4.89. The van der Waals surface area contributed by atoms with E-state index < -0.39 is 28.5 Å². The Balaban J connectivity index is 2.08. The molecule has 0 fully saturated rings. The van der Waals surface area contributed by atoms with Crippen LogP contribution in [0.3, 0.4) is 0 Å². The molecule has 0 aliphatic rings. The van der Waals surface area contributed by atoms with Crippen molar-refractivity contribution in [3.05, 3.63) is 100 Å². The van der Waals surface area contributed by atoms with Crippen molar-refractivity contribution in [1.82, 2.24) is 10.2 Å². The van der Waals surface area contributed by atoms with Gasteiger partial charge < -0.3 is 10.2 Å². The van der Waals surface area contributed by atoms with Crippen LogP contribution in [-0.4, -0.2) is 50.0 Å². The molecule has 0 aliphatic carbocycles. The molecule has 3 rings (SSSR count). The lowest BCUT2D eigenvalue weighted by atomic mass is 10.0. The molecule has 9 heteroatoms. The topological polar surface area (TPSA) is 86.8 Å². The molecule has 1 atom stereocenters. The molecular formula is C30H36ClN3O4S. The second kappa shape index (κ2) is 13.1. The van der Waals surface area contributed by atoms with E-state index in [-0.39, 0.29) is 30.6 Å². The molecule has 0 radical (unpaired) electrons. The number of benzene rings is 3. The highest BCUT2D eigenvalue weighted by Gasteiger charge is 2.33. The summed E-state index contributed by atoms with van der Waals surface area (Å²) in [6, 6.07) is 20.9. The van der Waals surface area contributed by atoms with Gasteiger partial charge in [-0.3, -0.25) is 13.9 Å². The van der Waals surface area contributed by atoms with E-state index in [1.807, 2.05) is 82.3 Å². The van der Waals surface area contributed by atoms with E-state index in [0.717, 1.165) is 32.8 Å². The molecule has 3 aromatic rings. The van der Waals surface area contributed by atoms with E-state index in [2.05, 4.69) is 5.32 Å². The molecule has 0 aliphatic heterocycles. The summed E-state index contributed by atoms with van der Waals surface area (Å²) in [6.45, 7) is 7.13. The Kier molecular flexibility index (Phi) is 10.2. The molecule has 1 N–H and O–H groups in total. The fraction of sp³-hybridized carbons (Fsp3) is 0.333. The van der Waals surface area contributed by atoms with Gasteiger partial charge in [-0.05, 0) is 62.1 Å². The van der Waals surface area contributed by atoms with Crippen molar-refractivity contribution in [2.45, 2.75) is 52.7 Å².